The van der Waals surface area contributed by atoms with Crippen molar-refractivity contribution in [3.8, 4) is 0 Å². The zero-order valence-corrected chi connectivity index (χ0v) is 10.2. The number of aryl methyl sites for hydroxylation is 1. The first-order chi connectivity index (χ1) is 8.95. The highest BCUT2D eigenvalue weighted by molar-refractivity contribution is 5.90. The Morgan fingerprint density at radius 3 is 2.79 bits per heavy atom. The molecule has 0 bridgehead atoms. The number of nitrogens with zero attached hydrogens (tertiary/aromatic N) is 2. The van der Waals surface area contributed by atoms with E-state index in [0.717, 1.165) is 12.1 Å². The highest BCUT2D eigenvalue weighted by Gasteiger charge is 2.11. The van der Waals surface area contributed by atoms with Crippen molar-refractivity contribution in [3.05, 3.63) is 41.7 Å². The van der Waals surface area contributed by atoms with Crippen molar-refractivity contribution in [2.24, 2.45) is 0 Å². The molecule has 0 saturated carbocycles. The molecule has 1 amide bonds. The Morgan fingerprint density at radius 1 is 1.42 bits per heavy atom. The summed E-state index contributed by atoms with van der Waals surface area (Å²) in [4.78, 5) is 11.6. The molecule has 0 saturated heterocycles. The van der Waals surface area contributed by atoms with Gasteiger partial charge in [0.2, 0.25) is 5.91 Å². The molecule has 2 aromatic rings. The number of aromatic nitrogens is 2. The van der Waals surface area contributed by atoms with Gasteiger partial charge in [0.05, 0.1) is 17.6 Å². The number of nitrogen functional groups attached to an aromatic ring is 1. The van der Waals surface area contributed by atoms with E-state index in [2.05, 4.69) is 10.4 Å². The molecular weight excluding hydrogens is 254 g/mol. The van der Waals surface area contributed by atoms with Crippen LogP contribution in [0, 0.1) is 18.6 Å². The smallest absolute Gasteiger partial charge is 0.246 e. The molecule has 0 aliphatic rings. The van der Waals surface area contributed by atoms with Gasteiger partial charge in [-0.25, -0.2) is 8.78 Å². The first-order valence-electron chi connectivity index (χ1n) is 5.49. The molecule has 0 atom stereocenters. The summed E-state index contributed by atoms with van der Waals surface area (Å²) in [5.41, 5.74) is 5.84. The van der Waals surface area contributed by atoms with E-state index in [0.29, 0.717) is 5.69 Å². The van der Waals surface area contributed by atoms with Crippen molar-refractivity contribution in [1.29, 1.82) is 0 Å². The Bertz CT molecular complexity index is 624. The van der Waals surface area contributed by atoms with Crippen LogP contribution in [0.1, 0.15) is 5.56 Å². The van der Waals surface area contributed by atoms with Crippen LogP contribution in [-0.2, 0) is 11.3 Å². The normalized spacial score (nSPS) is 10.5. The number of benzene rings is 1. The summed E-state index contributed by atoms with van der Waals surface area (Å²) in [6.45, 7) is 1.31. The number of hydrogen-bond donors (Lipinski definition) is 2. The Kier molecular flexibility index (Phi) is 3.46. The molecule has 0 spiro atoms. The van der Waals surface area contributed by atoms with E-state index < -0.39 is 17.5 Å². The van der Waals surface area contributed by atoms with Crippen molar-refractivity contribution in [3.63, 3.8) is 0 Å². The minimum absolute atomic E-state index is 0.133. The van der Waals surface area contributed by atoms with Gasteiger partial charge in [0.25, 0.3) is 0 Å². The summed E-state index contributed by atoms with van der Waals surface area (Å²) in [7, 11) is 0. The van der Waals surface area contributed by atoms with Crippen LogP contribution in [0.4, 0.5) is 20.2 Å². The molecule has 3 N–H and O–H groups in total. The number of carbonyl (C=O) groups excluding carboxylic acids is 1. The number of anilines is 2. The lowest BCUT2D eigenvalue weighted by molar-refractivity contribution is -0.116. The number of rotatable bonds is 3. The van der Waals surface area contributed by atoms with Crippen LogP contribution in [0.15, 0.2) is 24.5 Å². The molecule has 0 aliphatic carbocycles. The van der Waals surface area contributed by atoms with Gasteiger partial charge < -0.3 is 11.1 Å². The van der Waals surface area contributed by atoms with Crippen molar-refractivity contribution in [2.75, 3.05) is 11.1 Å². The molecule has 0 fully saturated rings. The van der Waals surface area contributed by atoms with Gasteiger partial charge in [-0.3, -0.25) is 9.48 Å². The van der Waals surface area contributed by atoms with Gasteiger partial charge in [0.1, 0.15) is 18.2 Å². The quantitative estimate of drug-likeness (QED) is 0.887. The van der Waals surface area contributed by atoms with E-state index in [-0.39, 0.29) is 17.8 Å². The predicted octanol–water partition coefficient (Wildman–Crippen LogP) is 1.69. The lowest BCUT2D eigenvalue weighted by atomic mass is 10.2. The summed E-state index contributed by atoms with van der Waals surface area (Å²) < 4.78 is 28.1. The van der Waals surface area contributed by atoms with Crippen LogP contribution in [-0.4, -0.2) is 15.7 Å². The lowest BCUT2D eigenvalue weighted by Crippen LogP contribution is -2.19. The second-order valence-electron chi connectivity index (χ2n) is 4.10. The Balaban J connectivity index is 2.09. The van der Waals surface area contributed by atoms with Gasteiger partial charge in [-0.15, -0.1) is 0 Å². The first kappa shape index (κ1) is 13.0. The number of nitrogens with one attached hydrogen (secondary N) is 1. The highest BCUT2D eigenvalue weighted by atomic mass is 19.1. The molecule has 0 aliphatic heterocycles. The summed E-state index contributed by atoms with van der Waals surface area (Å²) in [6, 6.07) is 1.97. The van der Waals surface area contributed by atoms with Crippen LogP contribution in [0.5, 0.6) is 0 Å². The number of hydrogen-bond acceptors (Lipinski definition) is 3. The molecule has 0 unspecified atom stereocenters. The van der Waals surface area contributed by atoms with Crippen LogP contribution >= 0.6 is 0 Å². The average Bonchev–Trinajstić information content (AvgIpc) is 2.71. The summed E-state index contributed by atoms with van der Waals surface area (Å²) >= 11 is 0. The Labute approximate surface area is 108 Å². The zero-order valence-electron chi connectivity index (χ0n) is 10.2. The van der Waals surface area contributed by atoms with Crippen LogP contribution in [0.3, 0.4) is 0 Å². The minimum Gasteiger partial charge on any atom is -0.396 e. The maximum Gasteiger partial charge on any atom is 0.246 e. The molecule has 5 nitrogen and oxygen atoms in total. The summed E-state index contributed by atoms with van der Waals surface area (Å²) in [5, 5.41) is 6.09. The van der Waals surface area contributed by atoms with Crippen molar-refractivity contribution < 1.29 is 13.6 Å². The molecular formula is C12H12F2N4O. The molecule has 1 aromatic heterocycles. The summed E-state index contributed by atoms with van der Waals surface area (Å²) in [6.07, 6.45) is 2.85. The maximum absolute atomic E-state index is 13.5. The molecule has 1 heterocycles. The van der Waals surface area contributed by atoms with Crippen LogP contribution < -0.4 is 11.1 Å². The van der Waals surface area contributed by atoms with E-state index in [9.17, 15) is 13.6 Å². The van der Waals surface area contributed by atoms with E-state index in [1.54, 1.807) is 0 Å². The van der Waals surface area contributed by atoms with E-state index in [4.69, 9.17) is 5.73 Å². The number of nitrogens with two attached hydrogens (primary N) is 1. The number of halogens is 2. The largest absolute Gasteiger partial charge is 0.396 e. The molecule has 100 valence electrons. The highest BCUT2D eigenvalue weighted by Crippen LogP contribution is 2.18. The average molecular weight is 266 g/mol. The molecule has 2 rings (SSSR count). The van der Waals surface area contributed by atoms with E-state index in [1.165, 1.54) is 24.0 Å². The maximum atomic E-state index is 13.5. The van der Waals surface area contributed by atoms with Crippen LogP contribution in [0.2, 0.25) is 0 Å². The van der Waals surface area contributed by atoms with Gasteiger partial charge in [0.15, 0.2) is 0 Å². The monoisotopic (exact) mass is 266 g/mol. The summed E-state index contributed by atoms with van der Waals surface area (Å²) in [5.74, 6) is -1.79. The zero-order chi connectivity index (χ0) is 14.0. The fourth-order valence-corrected chi connectivity index (χ4v) is 1.54. The van der Waals surface area contributed by atoms with Gasteiger partial charge in [-0.2, -0.15) is 5.10 Å². The second kappa shape index (κ2) is 5.05. The first-order valence-corrected chi connectivity index (χ1v) is 5.49. The fraction of sp³-hybridized carbons (Fsp3) is 0.167. The minimum atomic E-state index is -0.688. The Hall–Kier alpha value is -2.44. The van der Waals surface area contributed by atoms with Gasteiger partial charge in [-0.05, 0) is 18.6 Å². The lowest BCUT2D eigenvalue weighted by Gasteiger charge is -2.08. The molecule has 7 heteroatoms. The third-order valence-electron chi connectivity index (χ3n) is 2.48. The molecule has 19 heavy (non-hydrogen) atoms. The van der Waals surface area contributed by atoms with Crippen molar-refractivity contribution in [1.82, 2.24) is 9.78 Å². The molecule has 0 radical (unpaired) electrons. The molecule has 1 aromatic carbocycles. The second-order valence-corrected chi connectivity index (χ2v) is 4.10. The van der Waals surface area contributed by atoms with E-state index in [1.807, 2.05) is 0 Å². The standard InChI is InChI=1S/C12H12F2N4O/c1-7-2-10(14)11(3-9(7)13)17-12(19)6-18-5-8(15)4-16-18/h2-5H,6,15H2,1H3,(H,17,19). The third kappa shape index (κ3) is 3.06. The van der Waals surface area contributed by atoms with Crippen molar-refractivity contribution in [2.45, 2.75) is 13.5 Å². The fourth-order valence-electron chi connectivity index (χ4n) is 1.54. The van der Waals surface area contributed by atoms with Gasteiger partial charge in [0, 0.05) is 12.3 Å². The Morgan fingerprint density at radius 2 is 2.16 bits per heavy atom. The third-order valence-corrected chi connectivity index (χ3v) is 2.48. The van der Waals surface area contributed by atoms with Crippen LogP contribution in [0.25, 0.3) is 0 Å². The van der Waals surface area contributed by atoms with Gasteiger partial charge in [-0.1, -0.05) is 0 Å². The SMILES string of the molecule is Cc1cc(F)c(NC(=O)Cn2cc(N)cn2)cc1F. The predicted molar refractivity (Wildman–Crippen MR) is 66.4 cm³/mol. The van der Waals surface area contributed by atoms with Crippen molar-refractivity contribution >= 4 is 17.3 Å². The van der Waals surface area contributed by atoms with Gasteiger partial charge >= 0.3 is 0 Å². The number of carbonyl (C=O) groups is 1. The number of amides is 1. The van der Waals surface area contributed by atoms with E-state index >= 15 is 0 Å². The topological polar surface area (TPSA) is 72.9 Å².